The predicted octanol–water partition coefficient (Wildman–Crippen LogP) is 3.80. The van der Waals surface area contributed by atoms with Crippen molar-refractivity contribution in [2.45, 2.75) is 82.0 Å². The van der Waals surface area contributed by atoms with Crippen molar-refractivity contribution < 1.29 is 14.3 Å². The molecule has 0 heterocycles. The maximum atomic E-state index is 12.8. The smallest absolute Gasteiger partial charge is 0.312 e. The summed E-state index contributed by atoms with van der Waals surface area (Å²) in [7, 11) is 0. The quantitative estimate of drug-likeness (QED) is 0.607. The first kappa shape index (κ1) is 17.6. The van der Waals surface area contributed by atoms with Gasteiger partial charge < -0.3 is 10.1 Å². The molecule has 5 aliphatic carbocycles. The van der Waals surface area contributed by atoms with Crippen LogP contribution in [0.1, 0.15) is 71.1 Å². The summed E-state index contributed by atoms with van der Waals surface area (Å²) in [5, 5.41) is 3.06. The summed E-state index contributed by atoms with van der Waals surface area (Å²) in [6, 6.07) is 0.227. The van der Waals surface area contributed by atoms with Crippen molar-refractivity contribution in [2.75, 3.05) is 6.61 Å². The normalized spacial score (nSPS) is 45.2. The Balaban J connectivity index is 1.32. The Morgan fingerprint density at radius 1 is 1.12 bits per heavy atom. The van der Waals surface area contributed by atoms with Crippen molar-refractivity contribution in [3.8, 4) is 0 Å². The van der Waals surface area contributed by atoms with Gasteiger partial charge >= 0.3 is 5.97 Å². The highest BCUT2D eigenvalue weighted by atomic mass is 35.5. The van der Waals surface area contributed by atoms with Crippen molar-refractivity contribution >= 4 is 23.5 Å². The molecular formula is C20H30ClNO3. The number of amides is 1. The Morgan fingerprint density at radius 2 is 1.80 bits per heavy atom. The van der Waals surface area contributed by atoms with Gasteiger partial charge in [0, 0.05) is 10.9 Å². The number of rotatable bonds is 4. The minimum Gasteiger partial charge on any atom is -0.455 e. The average molecular weight is 368 g/mol. The average Bonchev–Trinajstić information content (AvgIpc) is 2.52. The number of hydrogen-bond acceptors (Lipinski definition) is 3. The van der Waals surface area contributed by atoms with E-state index in [1.165, 1.54) is 19.3 Å². The summed E-state index contributed by atoms with van der Waals surface area (Å²) in [4.78, 5) is 24.9. The van der Waals surface area contributed by atoms with Crippen LogP contribution in [0.4, 0.5) is 0 Å². The molecule has 5 aliphatic rings. The molecule has 1 amide bonds. The lowest BCUT2D eigenvalue weighted by atomic mass is 9.49. The van der Waals surface area contributed by atoms with Gasteiger partial charge in [-0.05, 0) is 69.1 Å². The molecule has 4 atom stereocenters. The molecule has 5 rings (SSSR count). The topological polar surface area (TPSA) is 55.4 Å². The second-order valence-corrected chi connectivity index (χ2v) is 10.2. The van der Waals surface area contributed by atoms with E-state index in [9.17, 15) is 9.59 Å². The lowest BCUT2D eigenvalue weighted by Gasteiger charge is -2.58. The van der Waals surface area contributed by atoms with E-state index >= 15 is 0 Å². The van der Waals surface area contributed by atoms with Crippen LogP contribution in [-0.2, 0) is 14.3 Å². The number of carbonyl (C=O) groups is 2. The molecule has 5 heteroatoms. The molecule has 0 saturated heterocycles. The molecule has 0 aromatic heterocycles. The zero-order chi connectivity index (χ0) is 17.7. The number of alkyl halides is 1. The zero-order valence-corrected chi connectivity index (χ0v) is 15.9. The van der Waals surface area contributed by atoms with E-state index in [1.54, 1.807) is 0 Å². The van der Waals surface area contributed by atoms with E-state index in [-0.39, 0.29) is 29.4 Å². The Labute approximate surface area is 155 Å². The predicted molar refractivity (Wildman–Crippen MR) is 96.2 cm³/mol. The van der Waals surface area contributed by atoms with Crippen molar-refractivity contribution in [1.29, 1.82) is 0 Å². The van der Waals surface area contributed by atoms with Crippen molar-refractivity contribution in [3.63, 3.8) is 0 Å². The third-order valence-electron chi connectivity index (χ3n) is 7.21. The first-order chi connectivity index (χ1) is 11.9. The number of esters is 1. The first-order valence-corrected chi connectivity index (χ1v) is 10.4. The third-order valence-corrected chi connectivity index (χ3v) is 7.66. The highest BCUT2D eigenvalue weighted by Crippen LogP contribution is 2.64. The number of hydrogen-bond donors (Lipinski definition) is 1. The Hall–Kier alpha value is -0.770. The van der Waals surface area contributed by atoms with Crippen molar-refractivity contribution in [2.24, 2.45) is 23.2 Å². The summed E-state index contributed by atoms with van der Waals surface area (Å²) in [6.07, 6.45) is 10.4. The van der Waals surface area contributed by atoms with Gasteiger partial charge in [0.1, 0.15) is 0 Å². The van der Waals surface area contributed by atoms with Crippen LogP contribution in [0.5, 0.6) is 0 Å². The van der Waals surface area contributed by atoms with Gasteiger partial charge in [0.15, 0.2) is 6.61 Å². The summed E-state index contributed by atoms with van der Waals surface area (Å²) in [5.74, 6) is 1.29. The summed E-state index contributed by atoms with van der Waals surface area (Å²) < 4.78 is 5.50. The summed E-state index contributed by atoms with van der Waals surface area (Å²) in [6.45, 7) is 2.04. The Kier molecular flexibility index (Phi) is 4.54. The largest absolute Gasteiger partial charge is 0.455 e. The fourth-order valence-electron chi connectivity index (χ4n) is 6.45. The SMILES string of the molecule is C[C@@H]1CCCC[C@H]1NC(=O)COC(=O)C12C[C@H]3C[C@@H](CC(Cl)(C3)C1)C2. The van der Waals surface area contributed by atoms with Crippen molar-refractivity contribution in [3.05, 3.63) is 0 Å². The van der Waals surface area contributed by atoms with Gasteiger partial charge in [-0.2, -0.15) is 0 Å². The first-order valence-electron chi connectivity index (χ1n) is 10.0. The zero-order valence-electron chi connectivity index (χ0n) is 15.2. The maximum Gasteiger partial charge on any atom is 0.312 e. The van der Waals surface area contributed by atoms with Gasteiger partial charge in [-0.3, -0.25) is 9.59 Å². The van der Waals surface area contributed by atoms with E-state index in [2.05, 4.69) is 12.2 Å². The van der Waals surface area contributed by atoms with Crippen LogP contribution < -0.4 is 5.32 Å². The number of carbonyl (C=O) groups excluding carboxylic acids is 2. The molecule has 0 aromatic rings. The molecule has 0 aromatic carbocycles. The van der Waals surface area contributed by atoms with Crippen LogP contribution in [0.3, 0.4) is 0 Å². The van der Waals surface area contributed by atoms with Gasteiger partial charge in [-0.1, -0.05) is 19.8 Å². The second kappa shape index (κ2) is 6.44. The van der Waals surface area contributed by atoms with Crippen LogP contribution in [0.2, 0.25) is 0 Å². The highest BCUT2D eigenvalue weighted by molar-refractivity contribution is 6.24. The lowest BCUT2D eigenvalue weighted by molar-refractivity contribution is -0.171. The second-order valence-electron chi connectivity index (χ2n) is 9.40. The maximum absolute atomic E-state index is 12.8. The molecule has 5 saturated carbocycles. The standard InChI is InChI=1S/C20H30ClNO3/c1-13-4-2-3-5-16(13)22-17(23)11-25-18(24)19-7-14-6-15(8-19)10-20(21,9-14)12-19/h13-16H,2-12H2,1H3,(H,22,23)/t13-,14-,15-,16-,19?,20?/m1/s1. The lowest BCUT2D eigenvalue weighted by Crippen LogP contribution is -2.56. The van der Waals surface area contributed by atoms with E-state index in [0.29, 0.717) is 17.8 Å². The van der Waals surface area contributed by atoms with Crippen LogP contribution in [0.25, 0.3) is 0 Å². The minimum absolute atomic E-state index is 0.144. The van der Waals surface area contributed by atoms with Gasteiger partial charge in [0.2, 0.25) is 0 Å². The van der Waals surface area contributed by atoms with Gasteiger partial charge in [0.05, 0.1) is 5.41 Å². The van der Waals surface area contributed by atoms with E-state index in [0.717, 1.165) is 44.9 Å². The van der Waals surface area contributed by atoms with E-state index in [4.69, 9.17) is 16.3 Å². The van der Waals surface area contributed by atoms with Gasteiger partial charge in [-0.15, -0.1) is 11.6 Å². The highest BCUT2D eigenvalue weighted by Gasteiger charge is 2.60. The molecule has 0 radical (unpaired) electrons. The third kappa shape index (κ3) is 3.43. The van der Waals surface area contributed by atoms with E-state index in [1.807, 2.05) is 0 Å². The fraction of sp³-hybridized carbons (Fsp3) is 0.900. The van der Waals surface area contributed by atoms with Crippen LogP contribution in [-0.4, -0.2) is 29.4 Å². The molecule has 1 N–H and O–H groups in total. The Bertz CT molecular complexity index is 549. The minimum atomic E-state index is -0.426. The molecule has 4 bridgehead atoms. The van der Waals surface area contributed by atoms with E-state index < -0.39 is 5.41 Å². The fourth-order valence-corrected chi connectivity index (χ4v) is 7.15. The monoisotopic (exact) mass is 367 g/mol. The molecule has 5 fully saturated rings. The number of nitrogens with one attached hydrogen (secondary N) is 1. The molecule has 25 heavy (non-hydrogen) atoms. The Morgan fingerprint density at radius 3 is 2.44 bits per heavy atom. The summed E-state index contributed by atoms with van der Waals surface area (Å²) in [5.41, 5.74) is -0.426. The molecule has 0 spiro atoms. The van der Waals surface area contributed by atoms with Crippen LogP contribution in [0.15, 0.2) is 0 Å². The summed E-state index contributed by atoms with van der Waals surface area (Å²) >= 11 is 6.79. The van der Waals surface area contributed by atoms with Crippen molar-refractivity contribution in [1.82, 2.24) is 5.32 Å². The number of ether oxygens (including phenoxy) is 1. The van der Waals surface area contributed by atoms with Gasteiger partial charge in [-0.25, -0.2) is 0 Å². The molecule has 4 nitrogen and oxygen atoms in total. The number of halogens is 1. The van der Waals surface area contributed by atoms with Gasteiger partial charge in [0.25, 0.3) is 5.91 Å². The molecular weight excluding hydrogens is 338 g/mol. The van der Waals surface area contributed by atoms with Crippen LogP contribution >= 0.6 is 11.6 Å². The molecule has 0 aliphatic heterocycles. The molecule has 140 valence electrons. The molecule has 0 unspecified atom stereocenters. The van der Waals surface area contributed by atoms with Crippen LogP contribution in [0, 0.1) is 23.2 Å².